The molecule has 5 rings (SSSR count). The topological polar surface area (TPSA) is 23.6 Å². The number of anilines is 2. The zero-order valence-electron chi connectivity index (χ0n) is 22.4. The Morgan fingerprint density at radius 1 is 0.806 bits per heavy atom. The third-order valence-electron chi connectivity index (χ3n) is 8.31. The van der Waals surface area contributed by atoms with E-state index in [0.717, 1.165) is 19.4 Å². The Bertz CT molecular complexity index is 1160. The zero-order chi connectivity index (χ0) is 25.5. The predicted octanol–water partition coefficient (Wildman–Crippen LogP) is 7.63. The molecule has 3 aromatic carbocycles. The molecule has 36 heavy (non-hydrogen) atoms. The van der Waals surface area contributed by atoms with Gasteiger partial charge in [-0.3, -0.25) is 0 Å². The molecular weight excluding hydrogens is 440 g/mol. The lowest BCUT2D eigenvalue weighted by Crippen LogP contribution is -2.62. The molecule has 1 heterocycles. The van der Waals surface area contributed by atoms with Crippen LogP contribution >= 0.6 is 0 Å². The highest BCUT2D eigenvalue weighted by molar-refractivity contribution is 5.62. The molecule has 1 saturated heterocycles. The standard InChI is InChI=1S/C33H40N2O/c1-32(2,3)26-18-16-24(17-19-26)31-34(27-12-8-6-9-13-27)22-29-25(23-36)20-33(4,5)21-30(29)35(31)28-14-10-7-11-15-28/h6-19,23,25,29-31H,20-22H2,1-5H3. The summed E-state index contributed by atoms with van der Waals surface area (Å²) < 4.78 is 0. The highest BCUT2D eigenvalue weighted by atomic mass is 16.1. The SMILES string of the molecule is CC1(C)CC(C=O)C2CN(c3ccccc3)C(c3ccc(C(C)(C)C)cc3)N(c3ccccc3)C2C1. The van der Waals surface area contributed by atoms with Gasteiger partial charge < -0.3 is 14.6 Å². The summed E-state index contributed by atoms with van der Waals surface area (Å²) in [6, 6.07) is 31.1. The van der Waals surface area contributed by atoms with Gasteiger partial charge in [-0.25, -0.2) is 0 Å². The van der Waals surface area contributed by atoms with Crippen molar-refractivity contribution in [1.29, 1.82) is 0 Å². The molecule has 0 bridgehead atoms. The van der Waals surface area contributed by atoms with E-state index < -0.39 is 0 Å². The van der Waals surface area contributed by atoms with Crippen molar-refractivity contribution in [3.63, 3.8) is 0 Å². The molecule has 0 N–H and O–H groups in total. The number of fused-ring (bicyclic) bond motifs is 1. The molecule has 4 atom stereocenters. The van der Waals surface area contributed by atoms with Crippen molar-refractivity contribution in [2.45, 2.75) is 65.1 Å². The van der Waals surface area contributed by atoms with Crippen LogP contribution in [-0.2, 0) is 10.2 Å². The van der Waals surface area contributed by atoms with E-state index in [9.17, 15) is 4.79 Å². The molecule has 1 aliphatic heterocycles. The number of para-hydroxylation sites is 2. The molecule has 0 radical (unpaired) electrons. The van der Waals surface area contributed by atoms with Crippen molar-refractivity contribution in [3.05, 3.63) is 96.1 Å². The molecule has 0 aromatic heterocycles. The predicted molar refractivity (Wildman–Crippen MR) is 150 cm³/mol. The number of aldehydes is 1. The average molecular weight is 481 g/mol. The quantitative estimate of drug-likeness (QED) is 0.359. The largest absolute Gasteiger partial charge is 0.347 e. The van der Waals surface area contributed by atoms with Gasteiger partial charge in [-0.1, -0.05) is 95.3 Å². The van der Waals surface area contributed by atoms with Crippen LogP contribution in [0.4, 0.5) is 11.4 Å². The highest BCUT2D eigenvalue weighted by Gasteiger charge is 2.50. The number of nitrogens with zero attached hydrogens (tertiary/aromatic N) is 2. The van der Waals surface area contributed by atoms with E-state index >= 15 is 0 Å². The van der Waals surface area contributed by atoms with Crippen molar-refractivity contribution in [3.8, 4) is 0 Å². The normalized spacial score (nSPS) is 25.8. The lowest BCUT2D eigenvalue weighted by atomic mass is 9.63. The van der Waals surface area contributed by atoms with Gasteiger partial charge in [-0.05, 0) is 59.1 Å². The number of carbonyl (C=O) groups is 1. The smallest absolute Gasteiger partial charge is 0.128 e. The molecular formula is C33H40N2O. The summed E-state index contributed by atoms with van der Waals surface area (Å²) >= 11 is 0. The van der Waals surface area contributed by atoms with Gasteiger partial charge in [0, 0.05) is 35.8 Å². The molecule has 2 aliphatic rings. The second-order valence-corrected chi connectivity index (χ2v) is 12.6. The summed E-state index contributed by atoms with van der Waals surface area (Å²) in [6.45, 7) is 12.3. The lowest BCUT2D eigenvalue weighted by molar-refractivity contribution is -0.115. The maximum absolute atomic E-state index is 12.4. The summed E-state index contributed by atoms with van der Waals surface area (Å²) in [6.07, 6.45) is 3.32. The van der Waals surface area contributed by atoms with Crippen molar-refractivity contribution >= 4 is 17.7 Å². The van der Waals surface area contributed by atoms with E-state index in [1.807, 2.05) is 0 Å². The molecule has 0 spiro atoms. The van der Waals surface area contributed by atoms with Crippen LogP contribution in [0.3, 0.4) is 0 Å². The molecule has 3 heteroatoms. The molecule has 3 nitrogen and oxygen atoms in total. The van der Waals surface area contributed by atoms with Crippen LogP contribution in [0.5, 0.6) is 0 Å². The van der Waals surface area contributed by atoms with Gasteiger partial charge in [0.1, 0.15) is 12.5 Å². The first-order chi connectivity index (χ1) is 17.2. The van der Waals surface area contributed by atoms with Gasteiger partial charge in [0.2, 0.25) is 0 Å². The average Bonchev–Trinajstić information content (AvgIpc) is 2.87. The van der Waals surface area contributed by atoms with Gasteiger partial charge in [-0.15, -0.1) is 0 Å². The summed E-state index contributed by atoms with van der Waals surface area (Å²) in [5.74, 6) is 0.335. The van der Waals surface area contributed by atoms with Crippen molar-refractivity contribution in [1.82, 2.24) is 0 Å². The van der Waals surface area contributed by atoms with Gasteiger partial charge in [0.25, 0.3) is 0 Å². The second-order valence-electron chi connectivity index (χ2n) is 12.6. The van der Waals surface area contributed by atoms with Crippen LogP contribution in [0.2, 0.25) is 0 Å². The number of rotatable bonds is 4. The fraction of sp³-hybridized carbons (Fsp3) is 0.424. The zero-order valence-corrected chi connectivity index (χ0v) is 22.4. The number of benzene rings is 3. The van der Waals surface area contributed by atoms with E-state index in [1.54, 1.807) is 0 Å². The minimum absolute atomic E-state index is 0.0475. The Hall–Kier alpha value is -3.07. The third-order valence-corrected chi connectivity index (χ3v) is 8.31. The van der Waals surface area contributed by atoms with Gasteiger partial charge in [0.05, 0.1) is 0 Å². The minimum Gasteiger partial charge on any atom is -0.347 e. The Labute approximate surface area is 217 Å². The Morgan fingerprint density at radius 2 is 1.39 bits per heavy atom. The van der Waals surface area contributed by atoms with Gasteiger partial charge in [0.15, 0.2) is 0 Å². The Balaban J connectivity index is 1.69. The first-order valence-electron chi connectivity index (χ1n) is 13.4. The van der Waals surface area contributed by atoms with Gasteiger partial charge >= 0.3 is 0 Å². The van der Waals surface area contributed by atoms with Crippen molar-refractivity contribution in [2.24, 2.45) is 17.3 Å². The van der Waals surface area contributed by atoms with Gasteiger partial charge in [-0.2, -0.15) is 0 Å². The first-order valence-corrected chi connectivity index (χ1v) is 13.4. The van der Waals surface area contributed by atoms with E-state index in [1.165, 1.54) is 28.8 Å². The lowest BCUT2D eigenvalue weighted by Gasteiger charge is -2.59. The maximum Gasteiger partial charge on any atom is 0.128 e. The monoisotopic (exact) mass is 480 g/mol. The summed E-state index contributed by atoms with van der Waals surface area (Å²) in [5, 5.41) is 0. The van der Waals surface area contributed by atoms with E-state index in [2.05, 4.69) is 129 Å². The fourth-order valence-electron chi connectivity index (χ4n) is 6.54. The molecule has 3 aromatic rings. The maximum atomic E-state index is 12.4. The number of hydrogen-bond acceptors (Lipinski definition) is 3. The molecule has 4 unspecified atom stereocenters. The minimum atomic E-state index is 0.0475. The summed E-state index contributed by atoms with van der Waals surface area (Å²) in [4.78, 5) is 17.6. The Morgan fingerprint density at radius 3 is 1.94 bits per heavy atom. The van der Waals surface area contributed by atoms with Crippen LogP contribution < -0.4 is 9.80 Å². The van der Waals surface area contributed by atoms with Crippen LogP contribution in [0.1, 0.15) is 64.8 Å². The summed E-state index contributed by atoms with van der Waals surface area (Å²) in [7, 11) is 0. The van der Waals surface area contributed by atoms with Crippen LogP contribution in [-0.4, -0.2) is 18.9 Å². The molecule has 188 valence electrons. The molecule has 2 fully saturated rings. The van der Waals surface area contributed by atoms with E-state index in [0.29, 0.717) is 6.04 Å². The van der Waals surface area contributed by atoms with Crippen LogP contribution in [0.15, 0.2) is 84.9 Å². The second kappa shape index (κ2) is 9.42. The first kappa shape index (κ1) is 24.6. The number of hydrogen-bond donors (Lipinski definition) is 0. The number of carbonyl (C=O) groups excluding carboxylic acids is 1. The van der Waals surface area contributed by atoms with E-state index in [-0.39, 0.29) is 28.8 Å². The van der Waals surface area contributed by atoms with Crippen molar-refractivity contribution in [2.75, 3.05) is 16.3 Å². The van der Waals surface area contributed by atoms with E-state index in [4.69, 9.17) is 0 Å². The summed E-state index contributed by atoms with van der Waals surface area (Å²) in [5.41, 5.74) is 5.29. The van der Waals surface area contributed by atoms with Crippen LogP contribution in [0, 0.1) is 17.3 Å². The van der Waals surface area contributed by atoms with Crippen LogP contribution in [0.25, 0.3) is 0 Å². The molecule has 0 amide bonds. The molecule has 1 saturated carbocycles. The third kappa shape index (κ3) is 4.68. The molecule has 1 aliphatic carbocycles. The Kier molecular flexibility index (Phi) is 6.44. The van der Waals surface area contributed by atoms with Crippen molar-refractivity contribution < 1.29 is 4.79 Å². The highest BCUT2D eigenvalue weighted by Crippen LogP contribution is 2.51. The fourth-order valence-corrected chi connectivity index (χ4v) is 6.54.